The van der Waals surface area contributed by atoms with E-state index in [1.165, 1.54) is 12.1 Å². The number of rotatable bonds is 6. The van der Waals surface area contributed by atoms with Gasteiger partial charge in [0.05, 0.1) is 10.6 Å². The van der Waals surface area contributed by atoms with E-state index in [9.17, 15) is 18.0 Å². The van der Waals surface area contributed by atoms with Crippen LogP contribution in [0, 0.1) is 20.8 Å². The zero-order chi connectivity index (χ0) is 22.8. The fraction of sp³-hybridized carbons (Fsp3) is 0.250. The van der Waals surface area contributed by atoms with Crippen molar-refractivity contribution in [2.45, 2.75) is 39.8 Å². The molecule has 0 radical (unpaired) electrons. The van der Waals surface area contributed by atoms with Crippen molar-refractivity contribution in [3.63, 3.8) is 0 Å². The molecule has 1 aromatic heterocycles. The van der Waals surface area contributed by atoms with Crippen LogP contribution in [-0.4, -0.2) is 10.8 Å². The number of pyridine rings is 1. The van der Waals surface area contributed by atoms with Crippen molar-refractivity contribution in [1.29, 1.82) is 0 Å². The van der Waals surface area contributed by atoms with Crippen LogP contribution in [0.3, 0.4) is 0 Å². The largest absolute Gasteiger partial charge is 0.457 e. The molecule has 0 spiro atoms. The van der Waals surface area contributed by atoms with E-state index < -0.39 is 11.7 Å². The lowest BCUT2D eigenvalue weighted by atomic mass is 9.98. The fourth-order valence-corrected chi connectivity index (χ4v) is 3.41. The number of nitrogens with zero attached hydrogens (tertiary/aromatic N) is 1. The second-order valence-corrected chi connectivity index (χ2v) is 7.82. The third kappa shape index (κ3) is 5.64. The fourth-order valence-electron chi connectivity index (χ4n) is 3.19. The SMILES string of the molecule is Cc1cc(Oc2ccnc(C)c2C)ccc1CC(=O)Cc1ccc(Cl)c(C(F)(F)F)c1. The van der Waals surface area contributed by atoms with Crippen LogP contribution < -0.4 is 4.74 Å². The smallest absolute Gasteiger partial charge is 0.417 e. The lowest BCUT2D eigenvalue weighted by molar-refractivity contribution is -0.137. The Labute approximate surface area is 183 Å². The zero-order valence-electron chi connectivity index (χ0n) is 17.3. The lowest BCUT2D eigenvalue weighted by Gasteiger charge is -2.13. The monoisotopic (exact) mass is 447 g/mol. The molecule has 0 atom stereocenters. The Morgan fingerprint density at radius 2 is 1.77 bits per heavy atom. The van der Waals surface area contributed by atoms with E-state index in [4.69, 9.17) is 16.3 Å². The molecule has 2 aromatic carbocycles. The van der Waals surface area contributed by atoms with Gasteiger partial charge in [-0.05, 0) is 67.8 Å². The molecule has 0 saturated heterocycles. The van der Waals surface area contributed by atoms with Crippen molar-refractivity contribution in [2.24, 2.45) is 0 Å². The van der Waals surface area contributed by atoms with E-state index >= 15 is 0 Å². The van der Waals surface area contributed by atoms with Crippen LogP contribution >= 0.6 is 11.6 Å². The Hall–Kier alpha value is -2.86. The minimum Gasteiger partial charge on any atom is -0.457 e. The van der Waals surface area contributed by atoms with Gasteiger partial charge in [0.1, 0.15) is 17.3 Å². The van der Waals surface area contributed by atoms with E-state index in [2.05, 4.69) is 4.98 Å². The topological polar surface area (TPSA) is 39.2 Å². The maximum absolute atomic E-state index is 13.0. The van der Waals surface area contributed by atoms with Crippen molar-refractivity contribution < 1.29 is 22.7 Å². The molecule has 0 fully saturated rings. The maximum atomic E-state index is 13.0. The van der Waals surface area contributed by atoms with Crippen LogP contribution in [0.4, 0.5) is 13.2 Å². The standard InChI is InChI=1S/C24H21ClF3NO2/c1-14-10-20(31-23-8-9-29-16(3)15(23)2)6-5-18(14)13-19(30)11-17-4-7-22(25)21(12-17)24(26,27)28/h4-10,12H,11,13H2,1-3H3. The predicted molar refractivity (Wildman–Crippen MR) is 114 cm³/mol. The summed E-state index contributed by atoms with van der Waals surface area (Å²) in [6.45, 7) is 5.70. The summed E-state index contributed by atoms with van der Waals surface area (Å²) in [7, 11) is 0. The number of alkyl halides is 3. The molecule has 3 nitrogen and oxygen atoms in total. The molecule has 0 saturated carbocycles. The second-order valence-electron chi connectivity index (χ2n) is 7.41. The summed E-state index contributed by atoms with van der Waals surface area (Å²) in [6, 6.07) is 10.7. The van der Waals surface area contributed by atoms with Gasteiger partial charge in [-0.3, -0.25) is 9.78 Å². The molecule has 0 amide bonds. The third-order valence-electron chi connectivity index (χ3n) is 5.07. The molecule has 162 valence electrons. The summed E-state index contributed by atoms with van der Waals surface area (Å²) in [5.74, 6) is 1.15. The molecular formula is C24H21ClF3NO2. The summed E-state index contributed by atoms with van der Waals surface area (Å²) in [5.41, 5.74) is 2.83. The molecule has 7 heteroatoms. The Bertz CT molecular complexity index is 1130. The number of halogens is 4. The van der Waals surface area contributed by atoms with Crippen LogP contribution in [0.15, 0.2) is 48.7 Å². The van der Waals surface area contributed by atoms with Crippen molar-refractivity contribution in [3.05, 3.63) is 87.2 Å². The quantitative estimate of drug-likeness (QED) is 0.416. The van der Waals surface area contributed by atoms with Crippen LogP contribution in [0.2, 0.25) is 5.02 Å². The number of carbonyl (C=O) groups excluding carboxylic acids is 1. The highest BCUT2D eigenvalue weighted by Gasteiger charge is 2.33. The van der Waals surface area contributed by atoms with Crippen molar-refractivity contribution in [1.82, 2.24) is 4.98 Å². The molecule has 0 unspecified atom stereocenters. The van der Waals surface area contributed by atoms with Crippen LogP contribution in [0.5, 0.6) is 11.5 Å². The van der Waals surface area contributed by atoms with Gasteiger partial charge in [0.25, 0.3) is 0 Å². The number of ether oxygens (including phenoxy) is 1. The minimum atomic E-state index is -4.56. The van der Waals surface area contributed by atoms with Gasteiger partial charge in [0, 0.05) is 30.3 Å². The van der Waals surface area contributed by atoms with Crippen LogP contribution in [0.1, 0.15) is 33.5 Å². The van der Waals surface area contributed by atoms with Gasteiger partial charge in [0.2, 0.25) is 0 Å². The van der Waals surface area contributed by atoms with Gasteiger partial charge < -0.3 is 4.74 Å². The van der Waals surface area contributed by atoms with Gasteiger partial charge in [-0.25, -0.2) is 0 Å². The zero-order valence-corrected chi connectivity index (χ0v) is 18.1. The van der Waals surface area contributed by atoms with E-state index in [1.807, 2.05) is 26.8 Å². The molecule has 0 bridgehead atoms. The predicted octanol–water partition coefficient (Wildman–Crippen LogP) is 6.83. The summed E-state index contributed by atoms with van der Waals surface area (Å²) in [6.07, 6.45) is -2.87. The Morgan fingerprint density at radius 3 is 2.45 bits per heavy atom. The Morgan fingerprint density at radius 1 is 1.03 bits per heavy atom. The van der Waals surface area contributed by atoms with Gasteiger partial charge in [-0.1, -0.05) is 23.7 Å². The number of Topliss-reactive ketones (excluding diaryl/α,β-unsaturated/α-hetero) is 1. The highest BCUT2D eigenvalue weighted by atomic mass is 35.5. The van der Waals surface area contributed by atoms with E-state index in [0.29, 0.717) is 11.5 Å². The van der Waals surface area contributed by atoms with E-state index in [1.54, 1.807) is 24.4 Å². The van der Waals surface area contributed by atoms with Crippen LogP contribution in [-0.2, 0) is 23.8 Å². The Kier molecular flexibility index (Phi) is 6.70. The number of benzene rings is 2. The molecule has 0 aliphatic heterocycles. The summed E-state index contributed by atoms with van der Waals surface area (Å²) in [4.78, 5) is 16.7. The number of ketones is 1. The average molecular weight is 448 g/mol. The van der Waals surface area contributed by atoms with E-state index in [-0.39, 0.29) is 29.2 Å². The molecule has 0 N–H and O–H groups in total. The molecule has 3 rings (SSSR count). The van der Waals surface area contributed by atoms with Gasteiger partial charge in [-0.2, -0.15) is 13.2 Å². The summed E-state index contributed by atoms with van der Waals surface area (Å²) < 4.78 is 45.0. The second kappa shape index (κ2) is 9.10. The van der Waals surface area contributed by atoms with Crippen molar-refractivity contribution >= 4 is 17.4 Å². The number of hydrogen-bond donors (Lipinski definition) is 0. The summed E-state index contributed by atoms with van der Waals surface area (Å²) in [5, 5.41) is -0.380. The highest BCUT2D eigenvalue weighted by molar-refractivity contribution is 6.31. The molecular weight excluding hydrogens is 427 g/mol. The lowest BCUT2D eigenvalue weighted by Crippen LogP contribution is -2.10. The third-order valence-corrected chi connectivity index (χ3v) is 5.40. The average Bonchev–Trinajstić information content (AvgIpc) is 2.68. The molecule has 1 heterocycles. The first-order valence-corrected chi connectivity index (χ1v) is 9.99. The first-order chi connectivity index (χ1) is 14.5. The first-order valence-electron chi connectivity index (χ1n) is 9.61. The number of carbonyl (C=O) groups is 1. The Balaban J connectivity index is 1.70. The molecule has 0 aliphatic carbocycles. The van der Waals surface area contributed by atoms with Gasteiger partial charge >= 0.3 is 6.18 Å². The minimum absolute atomic E-state index is 0.104. The first kappa shape index (κ1) is 22.8. The molecule has 31 heavy (non-hydrogen) atoms. The summed E-state index contributed by atoms with van der Waals surface area (Å²) >= 11 is 5.64. The van der Waals surface area contributed by atoms with Gasteiger partial charge in [-0.15, -0.1) is 0 Å². The highest BCUT2D eigenvalue weighted by Crippen LogP contribution is 2.35. The van der Waals surface area contributed by atoms with Gasteiger partial charge in [0.15, 0.2) is 0 Å². The molecule has 3 aromatic rings. The molecule has 0 aliphatic rings. The number of hydrogen-bond acceptors (Lipinski definition) is 3. The van der Waals surface area contributed by atoms with Crippen molar-refractivity contribution in [3.8, 4) is 11.5 Å². The normalized spacial score (nSPS) is 11.5. The number of aromatic nitrogens is 1. The van der Waals surface area contributed by atoms with E-state index in [0.717, 1.165) is 28.5 Å². The number of aryl methyl sites for hydroxylation is 2. The maximum Gasteiger partial charge on any atom is 0.417 e. The van der Waals surface area contributed by atoms with Crippen molar-refractivity contribution in [2.75, 3.05) is 0 Å². The van der Waals surface area contributed by atoms with Crippen LogP contribution in [0.25, 0.3) is 0 Å².